The van der Waals surface area contributed by atoms with Crippen molar-refractivity contribution in [3.05, 3.63) is 34.1 Å². The molecule has 14 heavy (non-hydrogen) atoms. The van der Waals surface area contributed by atoms with E-state index in [0.717, 1.165) is 31.2 Å². The van der Waals surface area contributed by atoms with Crippen LogP contribution in [0.5, 0.6) is 0 Å². The molecule has 0 amide bonds. The van der Waals surface area contributed by atoms with Crippen LogP contribution in [0.3, 0.4) is 0 Å². The Morgan fingerprint density at radius 1 is 1.29 bits per heavy atom. The zero-order valence-corrected chi connectivity index (χ0v) is 9.35. The van der Waals surface area contributed by atoms with Gasteiger partial charge in [0.15, 0.2) is 0 Å². The SMILES string of the molecule is OC1(c2ccc(F)cc2Br)CCCC1. The van der Waals surface area contributed by atoms with Crippen molar-refractivity contribution in [2.45, 2.75) is 31.3 Å². The van der Waals surface area contributed by atoms with Gasteiger partial charge in [0.2, 0.25) is 0 Å². The van der Waals surface area contributed by atoms with Gasteiger partial charge in [-0.15, -0.1) is 0 Å². The molecule has 1 aromatic carbocycles. The van der Waals surface area contributed by atoms with E-state index in [1.807, 2.05) is 0 Å². The molecule has 0 unspecified atom stereocenters. The molecule has 0 atom stereocenters. The van der Waals surface area contributed by atoms with Crippen LogP contribution in [0.15, 0.2) is 22.7 Å². The van der Waals surface area contributed by atoms with Crippen LogP contribution in [0.2, 0.25) is 0 Å². The fourth-order valence-electron chi connectivity index (χ4n) is 2.10. The van der Waals surface area contributed by atoms with Gasteiger partial charge < -0.3 is 5.11 Å². The summed E-state index contributed by atoms with van der Waals surface area (Å²) in [5, 5.41) is 10.3. The van der Waals surface area contributed by atoms with Gasteiger partial charge in [0.25, 0.3) is 0 Å². The molecule has 0 spiro atoms. The molecule has 0 heterocycles. The van der Waals surface area contributed by atoms with Crippen molar-refractivity contribution in [1.82, 2.24) is 0 Å². The smallest absolute Gasteiger partial charge is 0.124 e. The average Bonchev–Trinajstić information content (AvgIpc) is 2.52. The maximum atomic E-state index is 12.8. The summed E-state index contributed by atoms with van der Waals surface area (Å²) < 4.78 is 13.5. The molecule has 76 valence electrons. The maximum absolute atomic E-state index is 12.8. The Bertz CT molecular complexity index is 345. The highest BCUT2D eigenvalue weighted by Crippen LogP contribution is 2.41. The monoisotopic (exact) mass is 258 g/mol. The first kappa shape index (κ1) is 10.1. The third-order valence-corrected chi connectivity index (χ3v) is 3.52. The van der Waals surface area contributed by atoms with E-state index in [0.29, 0.717) is 4.47 Å². The fraction of sp³-hybridized carbons (Fsp3) is 0.455. The summed E-state index contributed by atoms with van der Waals surface area (Å²) >= 11 is 3.29. The zero-order valence-electron chi connectivity index (χ0n) is 7.76. The van der Waals surface area contributed by atoms with Gasteiger partial charge in [0, 0.05) is 4.47 Å². The molecule has 1 nitrogen and oxygen atoms in total. The summed E-state index contributed by atoms with van der Waals surface area (Å²) in [5.41, 5.74) is 0.0726. The molecule has 0 aromatic heterocycles. The van der Waals surface area contributed by atoms with Gasteiger partial charge in [0.1, 0.15) is 5.82 Å². The maximum Gasteiger partial charge on any atom is 0.124 e. The van der Waals surface area contributed by atoms with Gasteiger partial charge in [-0.25, -0.2) is 4.39 Å². The zero-order chi connectivity index (χ0) is 10.2. The Labute approximate surface area is 91.1 Å². The number of rotatable bonds is 1. The molecule has 1 aromatic rings. The van der Waals surface area contributed by atoms with Gasteiger partial charge >= 0.3 is 0 Å². The predicted octanol–water partition coefficient (Wildman–Crippen LogP) is 3.35. The summed E-state index contributed by atoms with van der Waals surface area (Å²) in [6.45, 7) is 0. The summed E-state index contributed by atoms with van der Waals surface area (Å²) in [4.78, 5) is 0. The molecule has 1 saturated carbocycles. The molecule has 1 N–H and O–H groups in total. The van der Waals surface area contributed by atoms with E-state index in [1.165, 1.54) is 12.1 Å². The average molecular weight is 259 g/mol. The number of hydrogen-bond acceptors (Lipinski definition) is 1. The third kappa shape index (κ3) is 1.71. The standard InChI is InChI=1S/C11H12BrFO/c12-10-7-8(13)3-4-9(10)11(14)5-1-2-6-11/h3-4,7,14H,1-2,5-6H2. The third-order valence-electron chi connectivity index (χ3n) is 2.86. The van der Waals surface area contributed by atoms with E-state index in [1.54, 1.807) is 6.07 Å². The first-order valence-electron chi connectivity index (χ1n) is 4.80. The Morgan fingerprint density at radius 2 is 1.93 bits per heavy atom. The topological polar surface area (TPSA) is 20.2 Å². The summed E-state index contributed by atoms with van der Waals surface area (Å²) in [5.74, 6) is -0.276. The van der Waals surface area contributed by atoms with Crippen LogP contribution in [0, 0.1) is 5.82 Å². The molecule has 0 radical (unpaired) electrons. The highest BCUT2D eigenvalue weighted by Gasteiger charge is 2.34. The molecule has 0 saturated heterocycles. The minimum atomic E-state index is -0.744. The van der Waals surface area contributed by atoms with Crippen molar-refractivity contribution in [1.29, 1.82) is 0 Å². The van der Waals surface area contributed by atoms with E-state index < -0.39 is 5.60 Å². The Morgan fingerprint density at radius 3 is 2.50 bits per heavy atom. The molecule has 3 heteroatoms. The van der Waals surface area contributed by atoms with Crippen molar-refractivity contribution in [2.24, 2.45) is 0 Å². The molecule has 0 bridgehead atoms. The van der Waals surface area contributed by atoms with Crippen molar-refractivity contribution in [3.8, 4) is 0 Å². The molecule has 1 aliphatic rings. The largest absolute Gasteiger partial charge is 0.385 e. The first-order valence-corrected chi connectivity index (χ1v) is 5.59. The second kappa shape index (κ2) is 3.63. The lowest BCUT2D eigenvalue weighted by molar-refractivity contribution is 0.0437. The van der Waals surface area contributed by atoms with Crippen molar-refractivity contribution < 1.29 is 9.50 Å². The van der Waals surface area contributed by atoms with Crippen LogP contribution in [-0.4, -0.2) is 5.11 Å². The lowest BCUT2D eigenvalue weighted by atomic mass is 9.92. The molecule has 0 aliphatic heterocycles. The van der Waals surface area contributed by atoms with E-state index in [-0.39, 0.29) is 5.82 Å². The second-order valence-electron chi connectivity index (χ2n) is 3.86. The predicted molar refractivity (Wildman–Crippen MR) is 56.5 cm³/mol. The second-order valence-corrected chi connectivity index (χ2v) is 4.72. The lowest BCUT2D eigenvalue weighted by Crippen LogP contribution is -2.21. The highest BCUT2D eigenvalue weighted by molar-refractivity contribution is 9.10. The van der Waals surface area contributed by atoms with Gasteiger partial charge in [0.05, 0.1) is 5.60 Å². The normalized spacial score (nSPS) is 19.9. The van der Waals surface area contributed by atoms with Crippen LogP contribution in [0.1, 0.15) is 31.2 Å². The van der Waals surface area contributed by atoms with Gasteiger partial charge in [-0.1, -0.05) is 34.8 Å². The molecule has 1 aliphatic carbocycles. The van der Waals surface area contributed by atoms with Crippen LogP contribution in [0.25, 0.3) is 0 Å². The Kier molecular flexibility index (Phi) is 2.62. The minimum absolute atomic E-state index is 0.276. The molecule has 2 rings (SSSR count). The Hall–Kier alpha value is -0.410. The minimum Gasteiger partial charge on any atom is -0.385 e. The fourth-order valence-corrected chi connectivity index (χ4v) is 2.82. The van der Waals surface area contributed by atoms with Crippen LogP contribution >= 0.6 is 15.9 Å². The van der Waals surface area contributed by atoms with E-state index >= 15 is 0 Å². The van der Waals surface area contributed by atoms with Crippen LogP contribution in [-0.2, 0) is 5.60 Å². The van der Waals surface area contributed by atoms with E-state index in [4.69, 9.17) is 0 Å². The van der Waals surface area contributed by atoms with E-state index in [2.05, 4.69) is 15.9 Å². The van der Waals surface area contributed by atoms with Crippen molar-refractivity contribution >= 4 is 15.9 Å². The number of halogens is 2. The summed E-state index contributed by atoms with van der Waals surface area (Å²) in [7, 11) is 0. The molecular formula is C11H12BrFO. The summed E-state index contributed by atoms with van der Waals surface area (Å²) in [6.07, 6.45) is 3.63. The first-order chi connectivity index (χ1) is 6.62. The number of benzene rings is 1. The number of aliphatic hydroxyl groups is 1. The van der Waals surface area contributed by atoms with Crippen molar-refractivity contribution in [3.63, 3.8) is 0 Å². The highest BCUT2D eigenvalue weighted by atomic mass is 79.9. The lowest BCUT2D eigenvalue weighted by Gasteiger charge is -2.23. The quantitative estimate of drug-likeness (QED) is 0.819. The molecular weight excluding hydrogens is 247 g/mol. The van der Waals surface area contributed by atoms with E-state index in [9.17, 15) is 9.50 Å². The molecule has 1 fully saturated rings. The van der Waals surface area contributed by atoms with Crippen LogP contribution in [0.4, 0.5) is 4.39 Å². The summed E-state index contributed by atoms with van der Waals surface area (Å²) in [6, 6.07) is 4.48. The Balaban J connectivity index is 2.40. The van der Waals surface area contributed by atoms with Gasteiger partial charge in [-0.2, -0.15) is 0 Å². The van der Waals surface area contributed by atoms with Gasteiger partial charge in [-0.3, -0.25) is 0 Å². The number of hydrogen-bond donors (Lipinski definition) is 1. The van der Waals surface area contributed by atoms with Crippen molar-refractivity contribution in [2.75, 3.05) is 0 Å². The van der Waals surface area contributed by atoms with Crippen LogP contribution < -0.4 is 0 Å². The van der Waals surface area contributed by atoms with Gasteiger partial charge in [-0.05, 0) is 30.5 Å².